The summed E-state index contributed by atoms with van der Waals surface area (Å²) < 4.78 is 6.02. The van der Waals surface area contributed by atoms with Gasteiger partial charge in [-0.2, -0.15) is 0 Å². The van der Waals surface area contributed by atoms with Crippen LogP contribution in [-0.2, 0) is 0 Å². The van der Waals surface area contributed by atoms with E-state index in [1.807, 2.05) is 12.1 Å². The zero-order valence-electron chi connectivity index (χ0n) is 10.2. The average molecular weight is 354 g/mol. The highest BCUT2D eigenvalue weighted by Crippen LogP contribution is 2.24. The first kappa shape index (κ1) is 13.4. The van der Waals surface area contributed by atoms with Gasteiger partial charge in [0.1, 0.15) is 5.82 Å². The summed E-state index contributed by atoms with van der Waals surface area (Å²) >= 11 is 9.09. The van der Waals surface area contributed by atoms with Gasteiger partial charge in [0.2, 0.25) is 5.82 Å². The number of benzene rings is 1. The quantitative estimate of drug-likeness (QED) is 0.755. The second kappa shape index (κ2) is 5.40. The number of hydrogen-bond donors (Lipinski definition) is 2. The van der Waals surface area contributed by atoms with Crippen molar-refractivity contribution in [2.45, 2.75) is 6.04 Å². The van der Waals surface area contributed by atoms with Crippen molar-refractivity contribution in [1.29, 1.82) is 0 Å². The van der Waals surface area contributed by atoms with E-state index in [1.165, 1.54) is 0 Å². The lowest BCUT2D eigenvalue weighted by molar-refractivity contribution is 0.551. The van der Waals surface area contributed by atoms with Gasteiger partial charge < -0.3 is 10.2 Å². The third-order valence-electron chi connectivity index (χ3n) is 2.82. The van der Waals surface area contributed by atoms with E-state index in [4.69, 9.17) is 21.8 Å². The summed E-state index contributed by atoms with van der Waals surface area (Å²) in [5.41, 5.74) is 7.05. The summed E-state index contributed by atoms with van der Waals surface area (Å²) in [7, 11) is 0. The maximum atomic E-state index is 6.15. The molecule has 3 aromatic rings. The normalized spacial score (nSPS) is 12.6. The van der Waals surface area contributed by atoms with Crippen molar-refractivity contribution >= 4 is 27.5 Å². The number of rotatable bonds is 3. The van der Waals surface area contributed by atoms with Crippen LogP contribution in [0.1, 0.15) is 17.4 Å². The Hall–Kier alpha value is -1.63. The molecule has 1 aromatic carbocycles. The Balaban J connectivity index is 1.88. The third kappa shape index (κ3) is 2.63. The van der Waals surface area contributed by atoms with Gasteiger partial charge in [-0.25, -0.2) is 4.98 Å². The van der Waals surface area contributed by atoms with Crippen LogP contribution in [0.25, 0.3) is 11.6 Å². The summed E-state index contributed by atoms with van der Waals surface area (Å²) in [5, 5.41) is 7.61. The number of furan rings is 1. The van der Waals surface area contributed by atoms with Crippen LogP contribution in [0.5, 0.6) is 0 Å². The van der Waals surface area contributed by atoms with Gasteiger partial charge in [0.15, 0.2) is 10.4 Å². The molecule has 7 heteroatoms. The summed E-state index contributed by atoms with van der Waals surface area (Å²) in [6.45, 7) is 0. The second-order valence-electron chi connectivity index (χ2n) is 4.18. The molecule has 2 aromatic heterocycles. The van der Waals surface area contributed by atoms with Gasteiger partial charge in [0, 0.05) is 5.02 Å². The van der Waals surface area contributed by atoms with Gasteiger partial charge in [-0.15, -0.1) is 5.10 Å². The Bertz CT molecular complexity index is 722. The van der Waals surface area contributed by atoms with E-state index in [-0.39, 0.29) is 0 Å². The second-order valence-corrected chi connectivity index (χ2v) is 5.40. The summed E-state index contributed by atoms with van der Waals surface area (Å²) in [6.07, 6.45) is 0. The molecule has 0 fully saturated rings. The van der Waals surface area contributed by atoms with Crippen molar-refractivity contribution in [1.82, 2.24) is 15.2 Å². The molecule has 0 aliphatic carbocycles. The van der Waals surface area contributed by atoms with Crippen LogP contribution in [0, 0.1) is 0 Å². The molecule has 0 saturated carbocycles. The minimum atomic E-state index is -0.396. The lowest BCUT2D eigenvalue weighted by atomic mass is 10.1. The monoisotopic (exact) mass is 352 g/mol. The number of H-pyrrole nitrogens is 1. The molecule has 20 heavy (non-hydrogen) atoms. The van der Waals surface area contributed by atoms with Crippen molar-refractivity contribution in [2.75, 3.05) is 0 Å². The highest BCUT2D eigenvalue weighted by Gasteiger charge is 2.16. The molecular weight excluding hydrogens is 344 g/mol. The van der Waals surface area contributed by atoms with Gasteiger partial charge >= 0.3 is 0 Å². The molecule has 0 unspecified atom stereocenters. The molecule has 0 saturated heterocycles. The van der Waals surface area contributed by atoms with E-state index in [9.17, 15) is 0 Å². The number of aromatic nitrogens is 3. The Morgan fingerprint density at radius 1 is 1.20 bits per heavy atom. The van der Waals surface area contributed by atoms with E-state index in [0.29, 0.717) is 27.1 Å². The highest BCUT2D eigenvalue weighted by atomic mass is 79.9. The van der Waals surface area contributed by atoms with Gasteiger partial charge in [-0.05, 0) is 45.8 Å². The van der Waals surface area contributed by atoms with Crippen molar-refractivity contribution in [2.24, 2.45) is 5.73 Å². The predicted octanol–water partition coefficient (Wildman–Crippen LogP) is 3.53. The fraction of sp³-hybridized carbons (Fsp3) is 0.0769. The van der Waals surface area contributed by atoms with Crippen LogP contribution >= 0.6 is 27.5 Å². The smallest absolute Gasteiger partial charge is 0.217 e. The Morgan fingerprint density at radius 3 is 2.60 bits per heavy atom. The van der Waals surface area contributed by atoms with Gasteiger partial charge in [0.05, 0.1) is 6.04 Å². The number of nitrogens with one attached hydrogen (secondary N) is 1. The number of nitrogens with zero attached hydrogens (tertiary/aromatic N) is 2. The third-order valence-corrected chi connectivity index (χ3v) is 3.50. The van der Waals surface area contributed by atoms with Crippen LogP contribution in [0.4, 0.5) is 0 Å². The van der Waals surface area contributed by atoms with Crippen molar-refractivity contribution in [3.8, 4) is 11.6 Å². The predicted molar refractivity (Wildman–Crippen MR) is 79.3 cm³/mol. The molecule has 0 radical (unpaired) electrons. The topological polar surface area (TPSA) is 80.7 Å². The van der Waals surface area contributed by atoms with Crippen LogP contribution in [0.2, 0.25) is 5.02 Å². The first-order valence-corrected chi connectivity index (χ1v) is 6.99. The zero-order valence-corrected chi connectivity index (χ0v) is 12.5. The molecule has 0 aliphatic heterocycles. The van der Waals surface area contributed by atoms with Crippen molar-refractivity contribution < 1.29 is 4.42 Å². The fourth-order valence-electron chi connectivity index (χ4n) is 1.79. The minimum Gasteiger partial charge on any atom is -0.446 e. The molecule has 1 atom stereocenters. The van der Waals surface area contributed by atoms with Crippen LogP contribution in [-0.4, -0.2) is 15.2 Å². The first-order valence-electron chi connectivity index (χ1n) is 5.82. The number of nitrogens with two attached hydrogens (primary N) is 1. The van der Waals surface area contributed by atoms with Crippen molar-refractivity contribution in [3.05, 3.63) is 57.5 Å². The average Bonchev–Trinajstić information content (AvgIpc) is 3.07. The van der Waals surface area contributed by atoms with Gasteiger partial charge in [-0.1, -0.05) is 23.7 Å². The van der Waals surface area contributed by atoms with E-state index >= 15 is 0 Å². The molecule has 2 heterocycles. The molecule has 0 aliphatic rings. The Labute approximate surface area is 128 Å². The summed E-state index contributed by atoms with van der Waals surface area (Å²) in [6, 6.07) is 10.5. The van der Waals surface area contributed by atoms with Crippen LogP contribution in [0.15, 0.2) is 45.5 Å². The van der Waals surface area contributed by atoms with E-state index in [0.717, 1.165) is 5.56 Å². The lowest BCUT2D eigenvalue weighted by Crippen LogP contribution is -2.13. The molecular formula is C13H10BrClN4O. The van der Waals surface area contributed by atoms with E-state index in [2.05, 4.69) is 31.1 Å². The van der Waals surface area contributed by atoms with Crippen LogP contribution < -0.4 is 5.73 Å². The Morgan fingerprint density at radius 2 is 1.95 bits per heavy atom. The standard InChI is InChI=1S/C13H10BrClN4O/c14-10-6-5-9(20-10)12-17-13(19-18-12)11(16)7-1-3-8(15)4-2-7/h1-6,11H,16H2,(H,17,18,19)/t11-/m0/s1. The minimum absolute atomic E-state index is 0.396. The molecule has 3 rings (SSSR count). The molecule has 3 N–H and O–H groups in total. The summed E-state index contributed by atoms with van der Waals surface area (Å²) in [5.74, 6) is 1.60. The zero-order chi connectivity index (χ0) is 14.1. The largest absolute Gasteiger partial charge is 0.446 e. The molecule has 0 amide bonds. The van der Waals surface area contributed by atoms with Gasteiger partial charge in [0.25, 0.3) is 0 Å². The number of aromatic amines is 1. The van der Waals surface area contributed by atoms with E-state index in [1.54, 1.807) is 24.3 Å². The fourth-order valence-corrected chi connectivity index (χ4v) is 2.22. The number of hydrogen-bond acceptors (Lipinski definition) is 4. The van der Waals surface area contributed by atoms with Gasteiger partial charge in [-0.3, -0.25) is 5.10 Å². The SMILES string of the molecule is N[C@@H](c1ccc(Cl)cc1)c1nc(-c2ccc(Br)o2)n[nH]1. The maximum Gasteiger partial charge on any atom is 0.217 e. The Kier molecular flexibility index (Phi) is 3.60. The lowest BCUT2D eigenvalue weighted by Gasteiger charge is -2.08. The number of halogens is 2. The maximum absolute atomic E-state index is 6.15. The molecule has 5 nitrogen and oxygen atoms in total. The molecule has 0 bridgehead atoms. The molecule has 102 valence electrons. The van der Waals surface area contributed by atoms with Crippen LogP contribution in [0.3, 0.4) is 0 Å². The van der Waals surface area contributed by atoms with Crippen molar-refractivity contribution in [3.63, 3.8) is 0 Å². The molecule has 0 spiro atoms. The first-order chi connectivity index (χ1) is 9.63. The summed E-state index contributed by atoms with van der Waals surface area (Å²) in [4.78, 5) is 4.35. The van der Waals surface area contributed by atoms with E-state index < -0.39 is 6.04 Å². The highest BCUT2D eigenvalue weighted by molar-refractivity contribution is 9.10.